The maximum absolute atomic E-state index is 5.87. The molecule has 0 radical (unpaired) electrons. The van der Waals surface area contributed by atoms with E-state index in [1.54, 1.807) is 7.11 Å². The predicted molar refractivity (Wildman–Crippen MR) is 76.5 cm³/mol. The van der Waals surface area contributed by atoms with Crippen molar-refractivity contribution in [3.63, 3.8) is 0 Å². The minimum atomic E-state index is 0.168. The van der Waals surface area contributed by atoms with Gasteiger partial charge >= 0.3 is 0 Å². The first kappa shape index (κ1) is 11.9. The van der Waals surface area contributed by atoms with E-state index in [2.05, 4.69) is 30.0 Å². The fourth-order valence-corrected chi connectivity index (χ4v) is 2.41. The lowest BCUT2D eigenvalue weighted by Gasteiger charge is -2.35. The first-order valence-corrected chi connectivity index (χ1v) is 6.45. The zero-order chi connectivity index (χ0) is 13.2. The molecule has 3 rings (SSSR count). The number of nitrogens with zero attached hydrogens (tertiary/aromatic N) is 1. The summed E-state index contributed by atoms with van der Waals surface area (Å²) in [6.45, 7) is 2.92. The number of ether oxygens (including phenoxy) is 2. The van der Waals surface area contributed by atoms with Crippen molar-refractivity contribution in [1.29, 1.82) is 0 Å². The standard InChI is InChI=1S/C16H17NO2/c1-12-11-17(13-6-5-7-14(10-13)18-2)15-8-3-4-9-16(15)19-12/h3-10,12H,11H2,1-2H3. The van der Waals surface area contributed by atoms with E-state index in [1.807, 2.05) is 30.3 Å². The van der Waals surface area contributed by atoms with E-state index in [0.717, 1.165) is 29.4 Å². The van der Waals surface area contributed by atoms with Crippen LogP contribution in [0.15, 0.2) is 48.5 Å². The molecule has 0 N–H and O–H groups in total. The lowest BCUT2D eigenvalue weighted by Crippen LogP contribution is -2.35. The lowest BCUT2D eigenvalue weighted by molar-refractivity contribution is 0.217. The van der Waals surface area contributed by atoms with Gasteiger partial charge in [0, 0.05) is 11.8 Å². The number of methoxy groups -OCH3 is 1. The first-order valence-electron chi connectivity index (χ1n) is 6.45. The summed E-state index contributed by atoms with van der Waals surface area (Å²) in [5, 5.41) is 0. The molecule has 1 aliphatic heterocycles. The zero-order valence-corrected chi connectivity index (χ0v) is 11.2. The quantitative estimate of drug-likeness (QED) is 0.818. The van der Waals surface area contributed by atoms with Gasteiger partial charge in [-0.05, 0) is 31.2 Å². The van der Waals surface area contributed by atoms with Crippen LogP contribution in [0.2, 0.25) is 0 Å². The van der Waals surface area contributed by atoms with Gasteiger partial charge in [-0.25, -0.2) is 0 Å². The normalized spacial score (nSPS) is 17.6. The molecule has 0 fully saturated rings. The van der Waals surface area contributed by atoms with Gasteiger partial charge in [0.2, 0.25) is 0 Å². The van der Waals surface area contributed by atoms with Gasteiger partial charge < -0.3 is 14.4 Å². The summed E-state index contributed by atoms with van der Waals surface area (Å²) >= 11 is 0. The van der Waals surface area contributed by atoms with Crippen LogP contribution in [0.5, 0.6) is 11.5 Å². The van der Waals surface area contributed by atoms with Crippen LogP contribution >= 0.6 is 0 Å². The second kappa shape index (κ2) is 4.84. The average molecular weight is 255 g/mol. The molecular weight excluding hydrogens is 238 g/mol. The van der Waals surface area contributed by atoms with E-state index in [4.69, 9.17) is 9.47 Å². The molecule has 0 aliphatic carbocycles. The summed E-state index contributed by atoms with van der Waals surface area (Å²) < 4.78 is 11.2. The van der Waals surface area contributed by atoms with Crippen molar-refractivity contribution in [2.45, 2.75) is 13.0 Å². The molecule has 98 valence electrons. The highest BCUT2D eigenvalue weighted by Gasteiger charge is 2.23. The van der Waals surface area contributed by atoms with Gasteiger partial charge in [0.25, 0.3) is 0 Å². The van der Waals surface area contributed by atoms with Gasteiger partial charge in [0.05, 0.1) is 19.3 Å². The number of para-hydroxylation sites is 2. The van der Waals surface area contributed by atoms with Crippen molar-refractivity contribution in [3.8, 4) is 11.5 Å². The number of anilines is 2. The monoisotopic (exact) mass is 255 g/mol. The summed E-state index contributed by atoms with van der Waals surface area (Å²) in [6.07, 6.45) is 0.168. The molecule has 0 saturated carbocycles. The molecule has 2 aromatic rings. The summed E-state index contributed by atoms with van der Waals surface area (Å²) in [5.74, 6) is 1.80. The van der Waals surface area contributed by atoms with Crippen molar-refractivity contribution in [1.82, 2.24) is 0 Å². The SMILES string of the molecule is COc1cccc(N2CC(C)Oc3ccccc32)c1. The van der Waals surface area contributed by atoms with Crippen molar-refractivity contribution >= 4 is 11.4 Å². The molecule has 1 aliphatic rings. The van der Waals surface area contributed by atoms with Crippen LogP contribution in [-0.2, 0) is 0 Å². The Bertz CT molecular complexity index is 582. The maximum atomic E-state index is 5.87. The van der Waals surface area contributed by atoms with Crippen molar-refractivity contribution < 1.29 is 9.47 Å². The van der Waals surface area contributed by atoms with E-state index >= 15 is 0 Å². The Morgan fingerprint density at radius 2 is 2.00 bits per heavy atom. The molecule has 19 heavy (non-hydrogen) atoms. The van der Waals surface area contributed by atoms with Crippen LogP contribution in [0, 0.1) is 0 Å². The minimum absolute atomic E-state index is 0.168. The van der Waals surface area contributed by atoms with Crippen molar-refractivity contribution in [3.05, 3.63) is 48.5 Å². The fraction of sp³-hybridized carbons (Fsp3) is 0.250. The number of hydrogen-bond donors (Lipinski definition) is 0. The minimum Gasteiger partial charge on any atom is -0.497 e. The molecule has 1 atom stereocenters. The topological polar surface area (TPSA) is 21.7 Å². The second-order valence-electron chi connectivity index (χ2n) is 4.71. The van der Waals surface area contributed by atoms with Gasteiger partial charge in [-0.3, -0.25) is 0 Å². The van der Waals surface area contributed by atoms with Gasteiger partial charge in [-0.15, -0.1) is 0 Å². The number of hydrogen-bond acceptors (Lipinski definition) is 3. The van der Waals surface area contributed by atoms with Gasteiger partial charge in [0.15, 0.2) is 0 Å². The van der Waals surface area contributed by atoms with Gasteiger partial charge in [-0.1, -0.05) is 18.2 Å². The van der Waals surface area contributed by atoms with E-state index in [-0.39, 0.29) is 6.10 Å². The highest BCUT2D eigenvalue weighted by molar-refractivity contribution is 5.71. The average Bonchev–Trinajstić information content (AvgIpc) is 2.46. The molecular formula is C16H17NO2. The number of benzene rings is 2. The smallest absolute Gasteiger partial charge is 0.143 e. The Morgan fingerprint density at radius 1 is 1.16 bits per heavy atom. The number of fused-ring (bicyclic) bond motifs is 1. The molecule has 2 aromatic carbocycles. The predicted octanol–water partition coefficient (Wildman–Crippen LogP) is 3.61. The fourth-order valence-electron chi connectivity index (χ4n) is 2.41. The molecule has 0 aromatic heterocycles. The van der Waals surface area contributed by atoms with Crippen LogP contribution in [0.25, 0.3) is 0 Å². The molecule has 1 unspecified atom stereocenters. The largest absolute Gasteiger partial charge is 0.497 e. The Hall–Kier alpha value is -2.16. The molecule has 0 saturated heterocycles. The zero-order valence-electron chi connectivity index (χ0n) is 11.2. The third-order valence-corrected chi connectivity index (χ3v) is 3.29. The Kier molecular flexibility index (Phi) is 3.03. The Labute approximate surface area is 113 Å². The summed E-state index contributed by atoms with van der Waals surface area (Å²) in [6, 6.07) is 16.2. The molecule has 0 bridgehead atoms. The van der Waals surface area contributed by atoms with Gasteiger partial charge in [0.1, 0.15) is 17.6 Å². The maximum Gasteiger partial charge on any atom is 0.143 e. The number of rotatable bonds is 2. The third-order valence-electron chi connectivity index (χ3n) is 3.29. The second-order valence-corrected chi connectivity index (χ2v) is 4.71. The van der Waals surface area contributed by atoms with Crippen LogP contribution in [-0.4, -0.2) is 19.8 Å². The van der Waals surface area contributed by atoms with Crippen LogP contribution in [0.3, 0.4) is 0 Å². The third kappa shape index (κ3) is 2.24. The highest BCUT2D eigenvalue weighted by atomic mass is 16.5. The summed E-state index contributed by atoms with van der Waals surface area (Å²) in [5.41, 5.74) is 2.23. The van der Waals surface area contributed by atoms with Crippen LogP contribution in [0.4, 0.5) is 11.4 Å². The molecule has 1 heterocycles. The van der Waals surface area contributed by atoms with E-state index in [0.29, 0.717) is 0 Å². The Morgan fingerprint density at radius 3 is 2.84 bits per heavy atom. The van der Waals surface area contributed by atoms with E-state index < -0.39 is 0 Å². The molecule has 0 amide bonds. The Balaban J connectivity index is 2.04. The van der Waals surface area contributed by atoms with Crippen molar-refractivity contribution in [2.24, 2.45) is 0 Å². The van der Waals surface area contributed by atoms with Gasteiger partial charge in [-0.2, -0.15) is 0 Å². The van der Waals surface area contributed by atoms with E-state index in [9.17, 15) is 0 Å². The van der Waals surface area contributed by atoms with E-state index in [1.165, 1.54) is 0 Å². The van der Waals surface area contributed by atoms with Crippen LogP contribution in [0.1, 0.15) is 6.92 Å². The molecule has 3 heteroatoms. The summed E-state index contributed by atoms with van der Waals surface area (Å²) in [7, 11) is 1.69. The summed E-state index contributed by atoms with van der Waals surface area (Å²) in [4.78, 5) is 2.27. The molecule has 3 nitrogen and oxygen atoms in total. The van der Waals surface area contributed by atoms with Crippen LogP contribution < -0.4 is 14.4 Å². The van der Waals surface area contributed by atoms with Crippen molar-refractivity contribution in [2.75, 3.05) is 18.6 Å². The molecule has 0 spiro atoms. The highest BCUT2D eigenvalue weighted by Crippen LogP contribution is 2.38. The lowest BCUT2D eigenvalue weighted by atomic mass is 10.1. The first-order chi connectivity index (χ1) is 9.28.